The molecule has 3 aliphatic heterocycles. The minimum atomic E-state index is -0.644. The lowest BCUT2D eigenvalue weighted by Gasteiger charge is -2.51. The summed E-state index contributed by atoms with van der Waals surface area (Å²) in [6.45, 7) is 11.7. The molecule has 1 saturated carbocycles. The van der Waals surface area contributed by atoms with Crippen LogP contribution in [0.1, 0.15) is 59.7 Å². The molecule has 2 fully saturated rings. The molecule has 7 heteroatoms. The number of piperidine rings is 1. The van der Waals surface area contributed by atoms with Gasteiger partial charge in [-0.15, -0.1) is 0 Å². The predicted octanol–water partition coefficient (Wildman–Crippen LogP) is 4.03. The quantitative estimate of drug-likeness (QED) is 0.577. The highest BCUT2D eigenvalue weighted by Crippen LogP contribution is 2.52. The second-order valence-electron chi connectivity index (χ2n) is 12.3. The van der Waals surface area contributed by atoms with Crippen LogP contribution in [0.25, 0.3) is 5.70 Å². The summed E-state index contributed by atoms with van der Waals surface area (Å²) in [5, 5.41) is 23.9. The number of β-amino-alcohol motifs (C(OH)–C–C–N with tert-alkyl or cyclic N) is 1. The Morgan fingerprint density at radius 2 is 1.85 bits per heavy atom. The number of nitriles is 1. The topological polar surface area (TPSA) is 82.8 Å². The molecule has 0 aromatic heterocycles. The van der Waals surface area contributed by atoms with Crippen LogP contribution in [-0.2, 0) is 13.0 Å². The molecule has 1 amide bonds. The lowest BCUT2D eigenvalue weighted by atomic mass is 9.58. The Morgan fingerprint density at radius 3 is 2.58 bits per heavy atom. The molecule has 6 rings (SSSR count). The average molecular weight is 540 g/mol. The van der Waals surface area contributed by atoms with E-state index in [4.69, 9.17) is 0 Å². The van der Waals surface area contributed by atoms with E-state index >= 15 is 0 Å². The van der Waals surface area contributed by atoms with Crippen molar-refractivity contribution in [2.24, 2.45) is 11.3 Å². The van der Waals surface area contributed by atoms with Gasteiger partial charge in [-0.3, -0.25) is 4.79 Å². The zero-order valence-corrected chi connectivity index (χ0v) is 23.6. The number of carbonyl (C=O) groups is 1. The van der Waals surface area contributed by atoms with Crippen LogP contribution in [0.15, 0.2) is 49.0 Å². The fraction of sp³-hybridized carbons (Fsp3) is 0.515. The van der Waals surface area contributed by atoms with Crippen molar-refractivity contribution in [2.45, 2.75) is 57.7 Å². The average Bonchev–Trinajstić information content (AvgIpc) is 3.10. The number of benzene rings is 2. The molecule has 1 spiro atoms. The van der Waals surface area contributed by atoms with Gasteiger partial charge < -0.3 is 25.1 Å². The summed E-state index contributed by atoms with van der Waals surface area (Å²) in [4.78, 5) is 20.2. The molecule has 3 heterocycles. The number of likely N-dealkylation sites (N-methyl/N-ethyl adjacent to an activating group) is 1. The summed E-state index contributed by atoms with van der Waals surface area (Å²) in [5.74, 6) is 0.225. The van der Waals surface area contributed by atoms with Crippen molar-refractivity contribution in [1.29, 1.82) is 5.26 Å². The van der Waals surface area contributed by atoms with Crippen molar-refractivity contribution < 1.29 is 9.90 Å². The molecule has 7 nitrogen and oxygen atoms in total. The van der Waals surface area contributed by atoms with Gasteiger partial charge in [-0.25, -0.2) is 0 Å². The third-order valence-electron chi connectivity index (χ3n) is 9.94. The number of nitrogens with one attached hydrogen (secondary N) is 1. The molecule has 2 aromatic carbocycles. The van der Waals surface area contributed by atoms with Crippen LogP contribution in [0.3, 0.4) is 0 Å². The second kappa shape index (κ2) is 10.9. The monoisotopic (exact) mass is 539 g/mol. The molecule has 2 atom stereocenters. The Balaban J connectivity index is 1.14. The molecule has 2 aromatic rings. The van der Waals surface area contributed by atoms with Crippen molar-refractivity contribution >= 4 is 17.3 Å². The summed E-state index contributed by atoms with van der Waals surface area (Å²) in [6, 6.07) is 16.8. The Labute approximate surface area is 238 Å². The number of likely N-dealkylation sites (tertiary alicyclic amines) is 1. The molecule has 1 saturated heterocycles. The van der Waals surface area contributed by atoms with Gasteiger partial charge in [0.2, 0.25) is 0 Å². The summed E-state index contributed by atoms with van der Waals surface area (Å²) in [7, 11) is 0. The van der Waals surface area contributed by atoms with Crippen molar-refractivity contribution in [3.8, 4) is 6.07 Å². The van der Waals surface area contributed by atoms with E-state index < -0.39 is 6.10 Å². The highest BCUT2D eigenvalue weighted by Gasteiger charge is 2.46. The van der Waals surface area contributed by atoms with Crippen LogP contribution < -0.4 is 10.2 Å². The van der Waals surface area contributed by atoms with E-state index in [2.05, 4.69) is 52.9 Å². The summed E-state index contributed by atoms with van der Waals surface area (Å²) >= 11 is 0. The van der Waals surface area contributed by atoms with Gasteiger partial charge in [0.15, 0.2) is 0 Å². The Kier molecular flexibility index (Phi) is 7.33. The first kappa shape index (κ1) is 26.9. The van der Waals surface area contributed by atoms with Gasteiger partial charge in [0.05, 0.1) is 23.4 Å². The van der Waals surface area contributed by atoms with Gasteiger partial charge in [0, 0.05) is 63.5 Å². The molecule has 2 N–H and O–H groups in total. The molecule has 1 aliphatic carbocycles. The molecule has 4 aliphatic rings. The lowest BCUT2D eigenvalue weighted by Crippen LogP contribution is -2.50. The highest BCUT2D eigenvalue weighted by atomic mass is 16.3. The van der Waals surface area contributed by atoms with Crippen molar-refractivity contribution in [3.63, 3.8) is 0 Å². The molecule has 40 heavy (non-hydrogen) atoms. The van der Waals surface area contributed by atoms with Crippen LogP contribution in [-0.4, -0.2) is 72.2 Å². The Bertz CT molecular complexity index is 1320. The minimum Gasteiger partial charge on any atom is -0.390 e. The molecule has 0 bridgehead atoms. The van der Waals surface area contributed by atoms with E-state index in [0.29, 0.717) is 24.1 Å². The fourth-order valence-corrected chi connectivity index (χ4v) is 7.31. The fourth-order valence-electron chi connectivity index (χ4n) is 7.31. The number of nitrogens with zero attached hydrogens (tertiary/aromatic N) is 4. The van der Waals surface area contributed by atoms with Crippen LogP contribution in [0, 0.1) is 22.7 Å². The van der Waals surface area contributed by atoms with Crippen molar-refractivity contribution in [1.82, 2.24) is 15.1 Å². The first-order valence-corrected chi connectivity index (χ1v) is 14.9. The minimum absolute atomic E-state index is 0.0182. The zero-order valence-electron chi connectivity index (χ0n) is 23.6. The standard InChI is InChI=1S/C33H41N5O2/c1-3-36-14-15-38(22-31(39)29-16-26-6-4-5-7-27(26)21-35-29)32(40)28-9-8-25(17-30(28)36)23(2)37-12-10-33(11-13-37)18-24(19-33)20-34/h4-9,17,24,29,31,35,39H,2-3,10-16,18-19,21-22H2,1H3. The SMILES string of the molecule is C=C(c1ccc2c(c1)N(CC)CCN(CC(O)C1Cc3ccccc3CN1)C2=O)N1CCC2(CC1)CC(C#N)C2. The molecular weight excluding hydrogens is 498 g/mol. The number of aliphatic hydroxyl groups excluding tert-OH is 1. The number of anilines is 1. The maximum atomic E-state index is 13.8. The number of amides is 1. The van der Waals surface area contributed by atoms with E-state index in [0.717, 1.165) is 81.8 Å². The first-order chi connectivity index (χ1) is 19.4. The van der Waals surface area contributed by atoms with Crippen LogP contribution in [0.4, 0.5) is 5.69 Å². The summed E-state index contributed by atoms with van der Waals surface area (Å²) in [5.41, 5.74) is 6.63. The molecular formula is C33H41N5O2. The number of hydrogen-bond donors (Lipinski definition) is 2. The highest BCUT2D eigenvalue weighted by molar-refractivity contribution is 6.01. The maximum Gasteiger partial charge on any atom is 0.256 e. The largest absolute Gasteiger partial charge is 0.390 e. The number of rotatable bonds is 6. The Morgan fingerprint density at radius 1 is 1.12 bits per heavy atom. The summed E-state index contributed by atoms with van der Waals surface area (Å²) < 4.78 is 0. The normalized spacial score (nSPS) is 23.1. The number of fused-ring (bicyclic) bond motifs is 2. The third kappa shape index (κ3) is 5.00. The van der Waals surface area contributed by atoms with E-state index in [9.17, 15) is 15.2 Å². The van der Waals surface area contributed by atoms with Gasteiger partial charge in [-0.05, 0) is 73.3 Å². The molecule has 2 unspecified atom stereocenters. The van der Waals surface area contributed by atoms with Gasteiger partial charge in [0.25, 0.3) is 5.91 Å². The van der Waals surface area contributed by atoms with E-state index in [1.807, 2.05) is 29.2 Å². The van der Waals surface area contributed by atoms with Crippen molar-refractivity contribution in [3.05, 3.63) is 71.3 Å². The number of carbonyl (C=O) groups excluding carboxylic acids is 1. The van der Waals surface area contributed by atoms with E-state index in [1.54, 1.807) is 0 Å². The van der Waals surface area contributed by atoms with E-state index in [-0.39, 0.29) is 17.9 Å². The first-order valence-electron chi connectivity index (χ1n) is 14.9. The van der Waals surface area contributed by atoms with Gasteiger partial charge in [-0.1, -0.05) is 36.9 Å². The predicted molar refractivity (Wildman–Crippen MR) is 158 cm³/mol. The third-order valence-corrected chi connectivity index (χ3v) is 9.94. The maximum absolute atomic E-state index is 13.8. The van der Waals surface area contributed by atoms with Crippen LogP contribution in [0.5, 0.6) is 0 Å². The summed E-state index contributed by atoms with van der Waals surface area (Å²) in [6.07, 6.45) is 4.45. The van der Waals surface area contributed by atoms with Gasteiger partial charge in [-0.2, -0.15) is 5.26 Å². The smallest absolute Gasteiger partial charge is 0.256 e. The zero-order chi connectivity index (χ0) is 27.9. The van der Waals surface area contributed by atoms with Gasteiger partial charge in [0.1, 0.15) is 0 Å². The van der Waals surface area contributed by atoms with Crippen LogP contribution in [0.2, 0.25) is 0 Å². The number of aliphatic hydroxyl groups is 1. The number of hydrogen-bond acceptors (Lipinski definition) is 6. The van der Waals surface area contributed by atoms with Crippen molar-refractivity contribution in [2.75, 3.05) is 44.2 Å². The molecule has 0 radical (unpaired) electrons. The lowest BCUT2D eigenvalue weighted by molar-refractivity contribution is 0.0233. The second-order valence-corrected chi connectivity index (χ2v) is 12.3. The van der Waals surface area contributed by atoms with Gasteiger partial charge >= 0.3 is 0 Å². The Hall–Kier alpha value is -3.34. The molecule has 210 valence electrons. The van der Waals surface area contributed by atoms with E-state index in [1.165, 1.54) is 11.1 Å². The van der Waals surface area contributed by atoms with Crippen LogP contribution >= 0.6 is 0 Å².